The van der Waals surface area contributed by atoms with E-state index in [9.17, 15) is 4.79 Å². The number of methoxy groups -OCH3 is 1. The van der Waals surface area contributed by atoms with Crippen LogP contribution in [-0.4, -0.2) is 44.1 Å². The highest BCUT2D eigenvalue weighted by molar-refractivity contribution is 6.31. The predicted octanol–water partition coefficient (Wildman–Crippen LogP) is 8.70. The maximum atomic E-state index is 13.6. The van der Waals surface area contributed by atoms with Crippen molar-refractivity contribution in [1.82, 2.24) is 0 Å². The number of benzene rings is 5. The van der Waals surface area contributed by atoms with Crippen molar-refractivity contribution in [3.8, 4) is 5.75 Å². The van der Waals surface area contributed by atoms with E-state index in [0.29, 0.717) is 18.1 Å². The zero-order valence-corrected chi connectivity index (χ0v) is 29.6. The van der Waals surface area contributed by atoms with Crippen LogP contribution in [0, 0.1) is 0 Å². The molecule has 0 radical (unpaired) electrons. The first-order chi connectivity index (χ1) is 25.0. The largest absolute Gasteiger partial charge is 0.494 e. The Morgan fingerprint density at radius 3 is 1.71 bits per heavy atom. The highest BCUT2D eigenvalue weighted by Gasteiger charge is 2.52. The molecule has 1 saturated heterocycles. The molecule has 0 unspecified atom stereocenters. The molecule has 1 heterocycles. The highest BCUT2D eigenvalue weighted by atomic mass is 35.5. The Labute approximate surface area is 305 Å². The van der Waals surface area contributed by atoms with Gasteiger partial charge in [-0.05, 0) is 64.9 Å². The topological polar surface area (TPSA) is 72.5 Å². The fourth-order valence-corrected chi connectivity index (χ4v) is 6.45. The number of esters is 1. The molecular formula is C43H43ClO7. The van der Waals surface area contributed by atoms with Gasteiger partial charge in [-0.25, -0.2) is 4.79 Å². The summed E-state index contributed by atoms with van der Waals surface area (Å²) in [6.07, 6.45) is -3.52. The van der Waals surface area contributed by atoms with Gasteiger partial charge in [0.05, 0.1) is 33.5 Å². The van der Waals surface area contributed by atoms with E-state index in [-0.39, 0.29) is 19.8 Å². The van der Waals surface area contributed by atoms with Crippen LogP contribution in [0.15, 0.2) is 133 Å². The average molecular weight is 707 g/mol. The van der Waals surface area contributed by atoms with Crippen LogP contribution in [0.2, 0.25) is 5.02 Å². The van der Waals surface area contributed by atoms with Crippen molar-refractivity contribution in [3.63, 3.8) is 0 Å². The zero-order chi connectivity index (χ0) is 35.4. The molecule has 0 aromatic heterocycles. The van der Waals surface area contributed by atoms with Crippen LogP contribution < -0.4 is 4.74 Å². The third-order valence-corrected chi connectivity index (χ3v) is 9.22. The number of hydrogen-bond donors (Lipinski definition) is 0. The minimum absolute atomic E-state index is 0.233. The summed E-state index contributed by atoms with van der Waals surface area (Å²) in [6.45, 7) is 3.35. The first-order valence-corrected chi connectivity index (χ1v) is 17.6. The van der Waals surface area contributed by atoms with Crippen LogP contribution in [0.1, 0.15) is 46.4 Å². The lowest BCUT2D eigenvalue weighted by atomic mass is 9.89. The standard InChI is InChI=1S/C43H43ClO7/c1-3-47-36-22-19-30(20-23-36)25-35-26-34(21-24-37(35)44)38-39(48-27-31-13-7-4-8-14-31)40(49-28-32-15-9-5-10-16-32)41(42(51-38)43(45)46-2)50-29-33-17-11-6-12-18-33/h4-24,26,38-42H,3,25,27-29H2,1-2H3/t38-,39-,40+,41+,42+/m0/s1. The number of halogens is 1. The molecule has 0 spiro atoms. The lowest BCUT2D eigenvalue weighted by Crippen LogP contribution is -2.59. The molecule has 264 valence electrons. The molecule has 1 fully saturated rings. The number of rotatable bonds is 15. The smallest absolute Gasteiger partial charge is 0.337 e. The van der Waals surface area contributed by atoms with Crippen molar-refractivity contribution in [3.05, 3.63) is 172 Å². The Balaban J connectivity index is 1.38. The van der Waals surface area contributed by atoms with E-state index in [0.717, 1.165) is 39.1 Å². The lowest BCUT2D eigenvalue weighted by molar-refractivity contribution is -0.267. The third-order valence-electron chi connectivity index (χ3n) is 8.85. The molecule has 0 amide bonds. The van der Waals surface area contributed by atoms with Crippen molar-refractivity contribution in [2.75, 3.05) is 13.7 Å². The maximum Gasteiger partial charge on any atom is 0.337 e. The Morgan fingerprint density at radius 2 is 1.18 bits per heavy atom. The van der Waals surface area contributed by atoms with Gasteiger partial charge in [0, 0.05) is 5.02 Å². The molecule has 0 N–H and O–H groups in total. The Kier molecular flexibility index (Phi) is 12.9. The molecular weight excluding hydrogens is 664 g/mol. The van der Waals surface area contributed by atoms with Crippen LogP contribution >= 0.6 is 11.6 Å². The first kappa shape index (κ1) is 36.3. The molecule has 0 saturated carbocycles. The van der Waals surface area contributed by atoms with Gasteiger partial charge in [-0.1, -0.05) is 127 Å². The van der Waals surface area contributed by atoms with E-state index in [1.165, 1.54) is 7.11 Å². The summed E-state index contributed by atoms with van der Waals surface area (Å²) in [7, 11) is 1.35. The number of ether oxygens (including phenoxy) is 6. The third kappa shape index (κ3) is 9.64. The molecule has 1 aliphatic rings. The van der Waals surface area contributed by atoms with Crippen LogP contribution in [-0.2, 0) is 54.7 Å². The minimum Gasteiger partial charge on any atom is -0.494 e. The van der Waals surface area contributed by atoms with Gasteiger partial charge in [0.25, 0.3) is 0 Å². The quantitative estimate of drug-likeness (QED) is 0.101. The summed E-state index contributed by atoms with van der Waals surface area (Å²) < 4.78 is 37.8. The average Bonchev–Trinajstić information content (AvgIpc) is 3.18. The Hall–Kier alpha value is -4.50. The first-order valence-electron chi connectivity index (χ1n) is 17.2. The number of carbonyl (C=O) groups excluding carboxylic acids is 1. The van der Waals surface area contributed by atoms with Gasteiger partial charge >= 0.3 is 5.97 Å². The van der Waals surface area contributed by atoms with Gasteiger partial charge < -0.3 is 28.4 Å². The second-order valence-electron chi connectivity index (χ2n) is 12.4. The van der Waals surface area contributed by atoms with Crippen molar-refractivity contribution >= 4 is 17.6 Å². The van der Waals surface area contributed by atoms with Crippen LogP contribution in [0.25, 0.3) is 0 Å². The number of carbonyl (C=O) groups is 1. The lowest BCUT2D eigenvalue weighted by Gasteiger charge is -2.45. The van der Waals surface area contributed by atoms with E-state index in [1.807, 2.05) is 140 Å². The van der Waals surface area contributed by atoms with E-state index in [4.69, 9.17) is 40.0 Å². The molecule has 0 bridgehead atoms. The highest BCUT2D eigenvalue weighted by Crippen LogP contribution is 2.40. The normalized spacial score (nSPS) is 20.1. The Bertz CT molecular complexity index is 1800. The van der Waals surface area contributed by atoms with Crippen molar-refractivity contribution < 1.29 is 33.2 Å². The maximum absolute atomic E-state index is 13.6. The molecule has 8 heteroatoms. The zero-order valence-electron chi connectivity index (χ0n) is 28.9. The van der Waals surface area contributed by atoms with E-state index < -0.39 is 36.5 Å². The molecule has 5 aromatic rings. The van der Waals surface area contributed by atoms with Crippen molar-refractivity contribution in [2.24, 2.45) is 0 Å². The molecule has 51 heavy (non-hydrogen) atoms. The fourth-order valence-electron chi connectivity index (χ4n) is 6.27. The second-order valence-corrected chi connectivity index (χ2v) is 12.8. The van der Waals surface area contributed by atoms with Gasteiger partial charge in [0.1, 0.15) is 30.2 Å². The minimum atomic E-state index is -1.11. The summed E-state index contributed by atoms with van der Waals surface area (Å²) >= 11 is 6.80. The van der Waals surface area contributed by atoms with Gasteiger partial charge in [0.2, 0.25) is 0 Å². The fraction of sp³-hybridized carbons (Fsp3) is 0.279. The van der Waals surface area contributed by atoms with Gasteiger partial charge in [0.15, 0.2) is 6.10 Å². The number of hydrogen-bond acceptors (Lipinski definition) is 7. The summed E-state index contributed by atoms with van der Waals surface area (Å²) in [6, 6.07) is 43.4. The van der Waals surface area contributed by atoms with Crippen molar-refractivity contribution in [2.45, 2.75) is 63.7 Å². The summed E-state index contributed by atoms with van der Waals surface area (Å²) in [5.74, 6) is 0.256. The molecule has 7 nitrogen and oxygen atoms in total. The van der Waals surface area contributed by atoms with Crippen LogP contribution in [0.5, 0.6) is 5.75 Å². The van der Waals surface area contributed by atoms with Crippen molar-refractivity contribution in [1.29, 1.82) is 0 Å². The Morgan fingerprint density at radius 1 is 0.647 bits per heavy atom. The SMILES string of the molecule is CCOc1ccc(Cc2cc([C@@H]3O[C@@H](C(=O)OC)[C@H](OCc4ccccc4)[C@H](OCc4ccccc4)[C@H]3OCc3ccccc3)ccc2Cl)cc1. The van der Waals surface area contributed by atoms with Crippen LogP contribution in [0.3, 0.4) is 0 Å². The van der Waals surface area contributed by atoms with Crippen LogP contribution in [0.4, 0.5) is 0 Å². The summed E-state index contributed by atoms with van der Waals surface area (Å²) in [5.41, 5.74) is 5.68. The van der Waals surface area contributed by atoms with Gasteiger partial charge in [-0.15, -0.1) is 0 Å². The monoisotopic (exact) mass is 706 g/mol. The van der Waals surface area contributed by atoms with E-state index >= 15 is 0 Å². The van der Waals surface area contributed by atoms with E-state index in [2.05, 4.69) is 0 Å². The summed E-state index contributed by atoms with van der Waals surface area (Å²) in [5, 5.41) is 0.621. The summed E-state index contributed by atoms with van der Waals surface area (Å²) in [4.78, 5) is 13.6. The molecule has 6 rings (SSSR count). The molecule has 5 atom stereocenters. The molecule has 1 aliphatic heterocycles. The molecule has 0 aliphatic carbocycles. The second kappa shape index (κ2) is 18.1. The predicted molar refractivity (Wildman–Crippen MR) is 197 cm³/mol. The van der Waals surface area contributed by atoms with Gasteiger partial charge in [-0.2, -0.15) is 0 Å². The molecule has 5 aromatic carbocycles. The van der Waals surface area contributed by atoms with Gasteiger partial charge in [-0.3, -0.25) is 0 Å². The van der Waals surface area contributed by atoms with E-state index in [1.54, 1.807) is 0 Å².